The Labute approximate surface area is 173 Å². The van der Waals surface area contributed by atoms with E-state index in [0.717, 1.165) is 55.3 Å². The summed E-state index contributed by atoms with van der Waals surface area (Å²) in [5.41, 5.74) is 2.43. The Kier molecular flexibility index (Phi) is 7.63. The van der Waals surface area contributed by atoms with E-state index in [9.17, 15) is 0 Å². The molecule has 1 aromatic carbocycles. The topological polar surface area (TPSA) is 84.6 Å². The van der Waals surface area contributed by atoms with Crippen molar-refractivity contribution >= 4 is 5.96 Å². The minimum Gasteiger partial charge on any atom is -0.385 e. The molecule has 0 bridgehead atoms. The number of aliphatic imine (C=N–C) groups is 1. The molecule has 29 heavy (non-hydrogen) atoms. The quantitative estimate of drug-likeness (QED) is 0.469. The number of nitrogens with one attached hydrogen (secondary N) is 2. The van der Waals surface area contributed by atoms with Gasteiger partial charge >= 0.3 is 0 Å². The van der Waals surface area contributed by atoms with Crippen LogP contribution in [0.25, 0.3) is 11.5 Å². The lowest BCUT2D eigenvalue weighted by molar-refractivity contribution is 0.0732. The van der Waals surface area contributed by atoms with Gasteiger partial charge in [0.25, 0.3) is 5.89 Å². The molecule has 0 unspecified atom stereocenters. The Morgan fingerprint density at radius 3 is 2.86 bits per heavy atom. The van der Waals surface area contributed by atoms with Crippen LogP contribution < -0.4 is 10.6 Å². The van der Waals surface area contributed by atoms with Crippen molar-refractivity contribution in [2.24, 2.45) is 10.4 Å². The molecule has 2 aromatic rings. The molecule has 0 amide bonds. The first-order valence-corrected chi connectivity index (χ1v) is 10.5. The molecule has 1 aromatic heterocycles. The summed E-state index contributed by atoms with van der Waals surface area (Å²) in [6, 6.07) is 8.17. The number of nitrogens with zero attached hydrogens (tertiary/aromatic N) is 3. The first-order valence-electron chi connectivity index (χ1n) is 10.5. The fourth-order valence-corrected chi connectivity index (χ4v) is 3.70. The number of hydrogen-bond donors (Lipinski definition) is 2. The van der Waals surface area contributed by atoms with Crippen molar-refractivity contribution in [1.29, 1.82) is 0 Å². The highest BCUT2D eigenvalue weighted by Gasteiger charge is 2.36. The van der Waals surface area contributed by atoms with Crippen LogP contribution >= 0.6 is 0 Å². The van der Waals surface area contributed by atoms with E-state index in [2.05, 4.69) is 44.8 Å². The summed E-state index contributed by atoms with van der Waals surface area (Å²) in [4.78, 5) is 8.85. The first-order chi connectivity index (χ1) is 14.2. The molecule has 0 aliphatic heterocycles. The molecule has 0 saturated heterocycles. The molecule has 7 nitrogen and oxygen atoms in total. The van der Waals surface area contributed by atoms with Crippen LogP contribution in [0.3, 0.4) is 0 Å². The zero-order chi connectivity index (χ0) is 20.5. The second kappa shape index (κ2) is 10.4. The van der Waals surface area contributed by atoms with Gasteiger partial charge in [0, 0.05) is 45.8 Å². The molecular formula is C22H33N5O2. The zero-order valence-electron chi connectivity index (χ0n) is 17.8. The van der Waals surface area contributed by atoms with E-state index < -0.39 is 0 Å². The molecule has 7 heteroatoms. The maximum Gasteiger partial charge on any atom is 0.257 e. The molecule has 1 saturated carbocycles. The van der Waals surface area contributed by atoms with Crippen LogP contribution in [-0.2, 0) is 17.7 Å². The Bertz CT molecular complexity index is 798. The summed E-state index contributed by atoms with van der Waals surface area (Å²) in [5, 5.41) is 10.9. The minimum atomic E-state index is 0.349. The normalized spacial score (nSPS) is 15.8. The van der Waals surface area contributed by atoms with E-state index in [1.807, 2.05) is 19.2 Å². The zero-order valence-corrected chi connectivity index (χ0v) is 17.8. The predicted octanol–water partition coefficient (Wildman–Crippen LogP) is 3.56. The monoisotopic (exact) mass is 399 g/mol. The Hall–Kier alpha value is -2.41. The molecule has 1 aliphatic carbocycles. The van der Waals surface area contributed by atoms with E-state index in [1.165, 1.54) is 19.3 Å². The van der Waals surface area contributed by atoms with E-state index in [1.54, 1.807) is 7.11 Å². The van der Waals surface area contributed by atoms with Crippen molar-refractivity contribution in [3.8, 4) is 11.5 Å². The number of benzene rings is 1. The largest absolute Gasteiger partial charge is 0.385 e. The summed E-state index contributed by atoms with van der Waals surface area (Å²) in [6.07, 6.45) is 6.75. The lowest BCUT2D eigenvalue weighted by atomic mass is 9.67. The van der Waals surface area contributed by atoms with Crippen LogP contribution in [0.5, 0.6) is 0 Å². The van der Waals surface area contributed by atoms with Crippen LogP contribution in [0.15, 0.2) is 33.8 Å². The van der Waals surface area contributed by atoms with Gasteiger partial charge in [0.15, 0.2) is 11.8 Å². The average molecular weight is 400 g/mol. The average Bonchev–Trinajstić information content (AvgIpc) is 3.18. The molecule has 0 radical (unpaired) electrons. The van der Waals surface area contributed by atoms with E-state index in [0.29, 0.717) is 17.9 Å². The van der Waals surface area contributed by atoms with Crippen molar-refractivity contribution in [2.75, 3.05) is 27.3 Å². The van der Waals surface area contributed by atoms with Crippen molar-refractivity contribution in [2.45, 2.75) is 52.0 Å². The maximum atomic E-state index is 5.40. The van der Waals surface area contributed by atoms with Gasteiger partial charge in [0.2, 0.25) is 0 Å². The molecule has 1 aliphatic rings. The Morgan fingerprint density at radius 2 is 2.17 bits per heavy atom. The second-order valence-electron chi connectivity index (χ2n) is 7.84. The number of guanidine groups is 1. The van der Waals surface area contributed by atoms with Crippen molar-refractivity contribution in [1.82, 2.24) is 20.8 Å². The number of hydrogen-bond acceptors (Lipinski definition) is 5. The summed E-state index contributed by atoms with van der Waals surface area (Å²) in [6.45, 7) is 4.52. The minimum absolute atomic E-state index is 0.349. The van der Waals surface area contributed by atoms with Crippen LogP contribution in [0.1, 0.15) is 50.4 Å². The van der Waals surface area contributed by atoms with Gasteiger partial charge in [-0.25, -0.2) is 0 Å². The molecule has 0 atom stereocenters. The van der Waals surface area contributed by atoms with Crippen molar-refractivity contribution in [3.05, 3.63) is 35.7 Å². The van der Waals surface area contributed by atoms with E-state index in [-0.39, 0.29) is 0 Å². The SMILES string of the molecule is CCCc1noc(-c2cccc(CNC(=NC)NCC3(CCOC)CCC3)c2)n1. The van der Waals surface area contributed by atoms with Gasteiger partial charge in [0.1, 0.15) is 0 Å². The summed E-state index contributed by atoms with van der Waals surface area (Å²) in [7, 11) is 3.58. The van der Waals surface area contributed by atoms with Gasteiger partial charge in [0.05, 0.1) is 0 Å². The lowest BCUT2D eigenvalue weighted by Crippen LogP contribution is -2.46. The standard InChI is InChI=1S/C22H33N5O2/c1-4-7-19-26-20(29-27-19)18-9-5-8-17(14-18)15-24-21(23-2)25-16-22(10-6-11-22)12-13-28-3/h5,8-9,14H,4,6-7,10-13,15-16H2,1-3H3,(H2,23,24,25). The van der Waals surface area contributed by atoms with Gasteiger partial charge in [-0.3, -0.25) is 4.99 Å². The maximum absolute atomic E-state index is 5.40. The van der Waals surface area contributed by atoms with Gasteiger partial charge in [-0.1, -0.05) is 30.6 Å². The predicted molar refractivity (Wildman–Crippen MR) is 115 cm³/mol. The fourth-order valence-electron chi connectivity index (χ4n) is 3.70. The summed E-state index contributed by atoms with van der Waals surface area (Å²) >= 11 is 0. The third-order valence-corrected chi connectivity index (χ3v) is 5.68. The molecule has 2 N–H and O–H groups in total. The highest BCUT2D eigenvalue weighted by molar-refractivity contribution is 5.79. The summed E-state index contributed by atoms with van der Waals surface area (Å²) in [5.74, 6) is 2.15. The van der Waals surface area contributed by atoms with Crippen molar-refractivity contribution < 1.29 is 9.26 Å². The van der Waals surface area contributed by atoms with Crippen molar-refractivity contribution in [3.63, 3.8) is 0 Å². The third-order valence-electron chi connectivity index (χ3n) is 5.68. The lowest BCUT2D eigenvalue weighted by Gasteiger charge is -2.42. The van der Waals surface area contributed by atoms with Gasteiger partial charge in [-0.15, -0.1) is 0 Å². The second-order valence-corrected chi connectivity index (χ2v) is 7.84. The first kappa shape index (κ1) is 21.3. The molecule has 3 rings (SSSR count). The van der Waals surface area contributed by atoms with Gasteiger partial charge in [-0.2, -0.15) is 4.98 Å². The van der Waals surface area contributed by atoms with Crippen LogP contribution in [-0.4, -0.2) is 43.4 Å². The number of aryl methyl sites for hydroxylation is 1. The Balaban J connectivity index is 1.54. The molecule has 1 heterocycles. The number of methoxy groups -OCH3 is 1. The fraction of sp³-hybridized carbons (Fsp3) is 0.591. The van der Waals surface area contributed by atoms with Gasteiger partial charge in [-0.05, 0) is 48.8 Å². The smallest absolute Gasteiger partial charge is 0.257 e. The van der Waals surface area contributed by atoms with Crippen LogP contribution in [0, 0.1) is 5.41 Å². The third kappa shape index (κ3) is 5.79. The van der Waals surface area contributed by atoms with Crippen LogP contribution in [0.4, 0.5) is 0 Å². The molecular weight excluding hydrogens is 366 g/mol. The highest BCUT2D eigenvalue weighted by atomic mass is 16.5. The molecule has 1 fully saturated rings. The molecule has 158 valence electrons. The number of aromatic nitrogens is 2. The molecule has 0 spiro atoms. The van der Waals surface area contributed by atoms with E-state index in [4.69, 9.17) is 9.26 Å². The van der Waals surface area contributed by atoms with Gasteiger partial charge < -0.3 is 19.9 Å². The van der Waals surface area contributed by atoms with Crippen LogP contribution in [0.2, 0.25) is 0 Å². The summed E-state index contributed by atoms with van der Waals surface area (Å²) < 4.78 is 10.7. The van der Waals surface area contributed by atoms with E-state index >= 15 is 0 Å². The number of ether oxygens (including phenoxy) is 1. The number of rotatable bonds is 10. The Morgan fingerprint density at radius 1 is 1.31 bits per heavy atom. The highest BCUT2D eigenvalue weighted by Crippen LogP contribution is 2.43.